The average Bonchev–Trinajstić information content (AvgIpc) is 3.12. The molecule has 5 fully saturated rings. The van der Waals surface area contributed by atoms with Gasteiger partial charge in [-0.15, -0.1) is 0 Å². The molecule has 3 nitrogen and oxygen atoms in total. The van der Waals surface area contributed by atoms with E-state index < -0.39 is 5.60 Å². The normalized spacial score (nSPS) is 66.0. The first-order valence-corrected chi connectivity index (χ1v) is 9.43. The van der Waals surface area contributed by atoms with E-state index in [1.54, 1.807) is 0 Å². The Hall–Kier alpha value is -0.120. The van der Waals surface area contributed by atoms with E-state index >= 15 is 0 Å². The second-order valence-electron chi connectivity index (χ2n) is 9.62. The average molecular weight is 306 g/mol. The fourth-order valence-electron chi connectivity index (χ4n) is 7.46. The number of fused-ring (bicyclic) bond motifs is 6. The molecule has 9 atom stereocenters. The van der Waals surface area contributed by atoms with Crippen LogP contribution in [-0.4, -0.2) is 34.1 Å². The Labute approximate surface area is 133 Å². The predicted octanol–water partition coefficient (Wildman–Crippen LogP) is 2.88. The van der Waals surface area contributed by atoms with Gasteiger partial charge in [-0.3, -0.25) is 0 Å². The van der Waals surface area contributed by atoms with Gasteiger partial charge in [0.25, 0.3) is 0 Å². The van der Waals surface area contributed by atoms with Crippen molar-refractivity contribution in [2.45, 2.75) is 89.1 Å². The van der Waals surface area contributed by atoms with Crippen LogP contribution >= 0.6 is 0 Å². The van der Waals surface area contributed by atoms with E-state index in [0.717, 1.165) is 38.5 Å². The molecule has 0 bridgehead atoms. The summed E-state index contributed by atoms with van der Waals surface area (Å²) in [6, 6.07) is 0. The van der Waals surface area contributed by atoms with Crippen molar-refractivity contribution in [2.24, 2.45) is 28.6 Å². The SMILES string of the molecule is C[C@]12CCC3C(CC[C@@]4(O)C[C@@H]5O[C@@H]5C[C@]34C)C1CC[C@@H]2O. The van der Waals surface area contributed by atoms with Crippen molar-refractivity contribution in [2.75, 3.05) is 0 Å². The van der Waals surface area contributed by atoms with Gasteiger partial charge in [0.15, 0.2) is 0 Å². The topological polar surface area (TPSA) is 53.0 Å². The highest BCUT2D eigenvalue weighted by molar-refractivity contribution is 5.17. The molecule has 5 rings (SSSR count). The lowest BCUT2D eigenvalue weighted by Crippen LogP contribution is -2.62. The first-order chi connectivity index (χ1) is 10.4. The third-order valence-electron chi connectivity index (χ3n) is 9.01. The summed E-state index contributed by atoms with van der Waals surface area (Å²) in [6.45, 7) is 4.69. The number of aliphatic hydroxyl groups is 2. The minimum absolute atomic E-state index is 0.0302. The van der Waals surface area contributed by atoms with Gasteiger partial charge in [-0.2, -0.15) is 0 Å². The standard InChI is InChI=1S/C19H30O3/c1-17-7-6-13-11(12(17)3-4-16(17)20)5-8-19(21)10-15-14(22-15)9-18(13,19)2/h11-16,20-21H,3-10H2,1-2H3/t11?,12?,13?,14-,15+,16+,17+,18-,19-/m1/s1. The number of hydrogen-bond acceptors (Lipinski definition) is 3. The van der Waals surface area contributed by atoms with E-state index in [0.29, 0.717) is 30.0 Å². The highest BCUT2D eigenvalue weighted by Crippen LogP contribution is 2.68. The maximum absolute atomic E-state index is 11.4. The Bertz CT molecular complexity index is 507. The van der Waals surface area contributed by atoms with Crippen LogP contribution < -0.4 is 0 Å². The molecule has 4 saturated carbocycles. The molecule has 22 heavy (non-hydrogen) atoms. The van der Waals surface area contributed by atoms with Gasteiger partial charge < -0.3 is 14.9 Å². The first-order valence-electron chi connectivity index (χ1n) is 9.43. The molecule has 3 heteroatoms. The molecule has 1 aliphatic heterocycles. The second kappa shape index (κ2) is 4.10. The van der Waals surface area contributed by atoms with Gasteiger partial charge in [0.1, 0.15) is 0 Å². The molecule has 3 unspecified atom stereocenters. The molecule has 0 aromatic rings. The second-order valence-corrected chi connectivity index (χ2v) is 9.62. The molecular weight excluding hydrogens is 276 g/mol. The molecule has 0 aromatic carbocycles. The van der Waals surface area contributed by atoms with Gasteiger partial charge in [-0.25, -0.2) is 0 Å². The van der Waals surface area contributed by atoms with Gasteiger partial charge >= 0.3 is 0 Å². The monoisotopic (exact) mass is 306 g/mol. The molecule has 0 aromatic heterocycles. The van der Waals surface area contributed by atoms with Crippen LogP contribution in [0.25, 0.3) is 0 Å². The predicted molar refractivity (Wildman–Crippen MR) is 83.2 cm³/mol. The minimum Gasteiger partial charge on any atom is -0.393 e. The molecule has 1 heterocycles. The number of aliphatic hydroxyl groups excluding tert-OH is 1. The molecule has 4 aliphatic carbocycles. The number of rotatable bonds is 0. The van der Waals surface area contributed by atoms with Crippen LogP contribution in [0.4, 0.5) is 0 Å². The summed E-state index contributed by atoms with van der Waals surface area (Å²) in [4.78, 5) is 0. The Morgan fingerprint density at radius 2 is 1.68 bits per heavy atom. The molecule has 0 spiro atoms. The Balaban J connectivity index is 1.51. The Morgan fingerprint density at radius 1 is 0.909 bits per heavy atom. The van der Waals surface area contributed by atoms with Gasteiger partial charge in [0.2, 0.25) is 0 Å². The van der Waals surface area contributed by atoms with Crippen molar-refractivity contribution in [1.29, 1.82) is 0 Å². The highest BCUT2D eigenvalue weighted by Gasteiger charge is 2.68. The van der Waals surface area contributed by atoms with Gasteiger partial charge in [-0.1, -0.05) is 13.8 Å². The number of ether oxygens (including phenoxy) is 1. The van der Waals surface area contributed by atoms with Crippen molar-refractivity contribution in [3.63, 3.8) is 0 Å². The molecular formula is C19H30O3. The van der Waals surface area contributed by atoms with Crippen LogP contribution in [0.5, 0.6) is 0 Å². The van der Waals surface area contributed by atoms with E-state index in [-0.39, 0.29) is 16.9 Å². The summed E-state index contributed by atoms with van der Waals surface area (Å²) in [5.74, 6) is 2.00. The zero-order valence-corrected chi connectivity index (χ0v) is 13.9. The fraction of sp³-hybridized carbons (Fsp3) is 1.00. The van der Waals surface area contributed by atoms with Gasteiger partial charge in [-0.05, 0) is 68.1 Å². The maximum atomic E-state index is 11.4. The lowest BCUT2D eigenvalue weighted by Gasteiger charge is -2.62. The van der Waals surface area contributed by atoms with Gasteiger partial charge in [0.05, 0.1) is 23.9 Å². The maximum Gasteiger partial charge on any atom is 0.0869 e. The van der Waals surface area contributed by atoms with Crippen molar-refractivity contribution < 1.29 is 14.9 Å². The summed E-state index contributed by atoms with van der Waals surface area (Å²) in [6.07, 6.45) is 9.18. The van der Waals surface area contributed by atoms with Gasteiger partial charge in [0, 0.05) is 11.8 Å². The minimum atomic E-state index is -0.503. The molecule has 5 aliphatic rings. The van der Waals surface area contributed by atoms with E-state index in [1.807, 2.05) is 0 Å². The van der Waals surface area contributed by atoms with Crippen LogP contribution in [0.1, 0.15) is 65.2 Å². The van der Waals surface area contributed by atoms with Crippen molar-refractivity contribution >= 4 is 0 Å². The van der Waals surface area contributed by atoms with Crippen LogP contribution in [0.3, 0.4) is 0 Å². The van der Waals surface area contributed by atoms with E-state index in [2.05, 4.69) is 13.8 Å². The van der Waals surface area contributed by atoms with E-state index in [4.69, 9.17) is 4.74 Å². The first kappa shape index (κ1) is 14.2. The summed E-state index contributed by atoms with van der Waals surface area (Å²) < 4.78 is 5.80. The van der Waals surface area contributed by atoms with Crippen LogP contribution in [0.2, 0.25) is 0 Å². The Kier molecular flexibility index (Phi) is 2.65. The van der Waals surface area contributed by atoms with Crippen molar-refractivity contribution in [1.82, 2.24) is 0 Å². The number of hydrogen-bond donors (Lipinski definition) is 2. The largest absolute Gasteiger partial charge is 0.393 e. The lowest BCUT2D eigenvalue weighted by molar-refractivity contribution is -0.201. The highest BCUT2D eigenvalue weighted by atomic mass is 16.6. The quantitative estimate of drug-likeness (QED) is 0.677. The molecule has 0 amide bonds. The zero-order chi connectivity index (χ0) is 15.3. The van der Waals surface area contributed by atoms with Crippen molar-refractivity contribution in [3.05, 3.63) is 0 Å². The smallest absolute Gasteiger partial charge is 0.0869 e. The fourth-order valence-corrected chi connectivity index (χ4v) is 7.46. The lowest BCUT2D eigenvalue weighted by atomic mass is 9.44. The summed E-state index contributed by atoms with van der Waals surface area (Å²) in [7, 11) is 0. The van der Waals surface area contributed by atoms with Crippen LogP contribution in [-0.2, 0) is 4.74 Å². The summed E-state index contributed by atoms with van der Waals surface area (Å²) >= 11 is 0. The van der Waals surface area contributed by atoms with Crippen molar-refractivity contribution in [3.8, 4) is 0 Å². The molecule has 2 N–H and O–H groups in total. The molecule has 0 radical (unpaired) electrons. The third-order valence-corrected chi connectivity index (χ3v) is 9.01. The van der Waals surface area contributed by atoms with Crippen LogP contribution in [0.15, 0.2) is 0 Å². The third kappa shape index (κ3) is 1.54. The summed E-state index contributed by atoms with van der Waals surface area (Å²) in [5.41, 5.74) is -0.334. The number of epoxide rings is 1. The molecule has 124 valence electrons. The van der Waals surface area contributed by atoms with E-state index in [1.165, 1.54) is 12.8 Å². The Morgan fingerprint density at radius 3 is 2.50 bits per heavy atom. The van der Waals surface area contributed by atoms with Crippen LogP contribution in [0, 0.1) is 28.6 Å². The van der Waals surface area contributed by atoms with E-state index in [9.17, 15) is 10.2 Å². The molecule has 1 saturated heterocycles. The summed E-state index contributed by atoms with van der Waals surface area (Å²) in [5, 5.41) is 21.9. The zero-order valence-electron chi connectivity index (χ0n) is 13.9.